The first kappa shape index (κ1) is 22.2. The van der Waals surface area contributed by atoms with Crippen molar-refractivity contribution in [2.45, 2.75) is 58.5 Å². The Labute approximate surface area is 195 Å². The highest BCUT2D eigenvalue weighted by atomic mass is 32.1. The minimum Gasteiger partial charge on any atom is -0.463 e. The van der Waals surface area contributed by atoms with E-state index in [1.165, 1.54) is 16.9 Å². The van der Waals surface area contributed by atoms with Gasteiger partial charge in [0.2, 0.25) is 0 Å². The molecule has 4 aromatic heterocycles. The zero-order chi connectivity index (χ0) is 23.3. The summed E-state index contributed by atoms with van der Waals surface area (Å²) >= 11 is 1.53. The Balaban J connectivity index is 1.78. The molecule has 9 heteroatoms. The van der Waals surface area contributed by atoms with Crippen LogP contribution in [0.3, 0.4) is 0 Å². The topological polar surface area (TPSA) is 105 Å². The minimum absolute atomic E-state index is 0.309. The summed E-state index contributed by atoms with van der Waals surface area (Å²) in [5.41, 5.74) is 3.53. The molecule has 0 aromatic carbocycles. The van der Waals surface area contributed by atoms with E-state index in [9.17, 15) is 10.2 Å². The fraction of sp³-hybridized carbons (Fsp3) is 0.458. The van der Waals surface area contributed by atoms with Crippen LogP contribution in [-0.2, 0) is 17.8 Å². The molecule has 0 saturated heterocycles. The molecule has 5 rings (SSSR count). The van der Waals surface area contributed by atoms with Gasteiger partial charge in [-0.15, -0.1) is 11.3 Å². The van der Waals surface area contributed by atoms with Crippen molar-refractivity contribution in [1.29, 1.82) is 0 Å². The summed E-state index contributed by atoms with van der Waals surface area (Å²) in [7, 11) is 0. The third-order valence-corrected chi connectivity index (χ3v) is 6.90. The van der Waals surface area contributed by atoms with E-state index < -0.39 is 12.2 Å². The Morgan fingerprint density at radius 2 is 1.91 bits per heavy atom. The van der Waals surface area contributed by atoms with Gasteiger partial charge in [-0.05, 0) is 45.4 Å². The van der Waals surface area contributed by atoms with Crippen LogP contribution in [-0.4, -0.2) is 56.1 Å². The van der Waals surface area contributed by atoms with Gasteiger partial charge in [0.25, 0.3) is 0 Å². The quantitative estimate of drug-likeness (QED) is 0.439. The van der Waals surface area contributed by atoms with Crippen molar-refractivity contribution in [2.24, 2.45) is 0 Å². The number of hydrogen-bond acceptors (Lipinski definition) is 9. The van der Waals surface area contributed by atoms with E-state index in [-0.39, 0.29) is 5.60 Å². The first-order valence-electron chi connectivity index (χ1n) is 11.1. The molecule has 8 nitrogen and oxygen atoms in total. The van der Waals surface area contributed by atoms with Crippen molar-refractivity contribution in [3.63, 3.8) is 0 Å². The van der Waals surface area contributed by atoms with Crippen LogP contribution in [0.5, 0.6) is 0 Å². The molecule has 0 radical (unpaired) electrons. The number of pyridine rings is 1. The van der Waals surface area contributed by atoms with Gasteiger partial charge in [0.1, 0.15) is 22.7 Å². The van der Waals surface area contributed by atoms with E-state index in [0.29, 0.717) is 31.3 Å². The van der Waals surface area contributed by atoms with Gasteiger partial charge < -0.3 is 24.3 Å². The van der Waals surface area contributed by atoms with Crippen molar-refractivity contribution in [2.75, 3.05) is 18.0 Å². The highest BCUT2D eigenvalue weighted by Gasteiger charge is 2.33. The fourth-order valence-electron chi connectivity index (χ4n) is 4.52. The summed E-state index contributed by atoms with van der Waals surface area (Å²) in [4.78, 5) is 17.0. The Bertz CT molecular complexity index is 1290. The minimum atomic E-state index is -0.572. The lowest BCUT2D eigenvalue weighted by molar-refractivity contribution is -0.0395. The molecule has 2 N–H and O–H groups in total. The van der Waals surface area contributed by atoms with E-state index in [1.54, 1.807) is 26.4 Å². The lowest BCUT2D eigenvalue weighted by atomic mass is 9.89. The summed E-state index contributed by atoms with van der Waals surface area (Å²) in [6, 6.07) is 3.78. The molecule has 0 unspecified atom stereocenters. The standard InChI is InChI=1S/C24H28N4O4S/c1-13(29)9-28(10-14(2)30)22-21-20(25-12-26-22)18-15-8-24(3,4)32-11-16(15)19(27-23(18)33-21)17-6-5-7-31-17/h5-7,12-14,29-30H,8-11H2,1-4H3/t13-,14+. The molecule has 2 atom stereocenters. The second-order valence-corrected chi connectivity index (χ2v) is 10.4. The number of rotatable bonds is 6. The summed E-state index contributed by atoms with van der Waals surface area (Å²) in [6.07, 6.45) is 2.79. The molecule has 1 aliphatic rings. The molecule has 1 aliphatic heterocycles. The number of thiophene rings is 1. The number of aliphatic hydroxyl groups is 2. The number of anilines is 1. The molecule has 0 saturated carbocycles. The molecular weight excluding hydrogens is 440 g/mol. The van der Waals surface area contributed by atoms with Crippen molar-refractivity contribution < 1.29 is 19.4 Å². The zero-order valence-electron chi connectivity index (χ0n) is 19.2. The number of ether oxygens (including phenoxy) is 1. The molecular formula is C24H28N4O4S. The maximum absolute atomic E-state index is 10.1. The monoisotopic (exact) mass is 468 g/mol. The predicted molar refractivity (Wildman–Crippen MR) is 129 cm³/mol. The zero-order valence-corrected chi connectivity index (χ0v) is 20.0. The lowest BCUT2D eigenvalue weighted by Gasteiger charge is -2.32. The highest BCUT2D eigenvalue weighted by Crippen LogP contribution is 2.44. The largest absolute Gasteiger partial charge is 0.463 e. The number of aliphatic hydroxyl groups excluding tert-OH is 2. The van der Waals surface area contributed by atoms with E-state index in [0.717, 1.165) is 38.1 Å². The molecule has 174 valence electrons. The van der Waals surface area contributed by atoms with Crippen LogP contribution in [0.2, 0.25) is 0 Å². The Morgan fingerprint density at radius 3 is 2.58 bits per heavy atom. The van der Waals surface area contributed by atoms with Gasteiger partial charge in [-0.3, -0.25) is 0 Å². The molecule has 33 heavy (non-hydrogen) atoms. The molecule has 0 aliphatic carbocycles. The van der Waals surface area contributed by atoms with Gasteiger partial charge in [-0.2, -0.15) is 0 Å². The van der Waals surface area contributed by atoms with Crippen LogP contribution < -0.4 is 4.90 Å². The normalized spacial score (nSPS) is 17.3. The van der Waals surface area contributed by atoms with Gasteiger partial charge in [0, 0.05) is 30.5 Å². The SMILES string of the molecule is C[C@H](O)CN(C[C@@H](C)O)c1ncnc2c1sc1nc(-c3ccco3)c3c(c12)CC(C)(C)OC3. The van der Waals surface area contributed by atoms with E-state index in [2.05, 4.69) is 23.8 Å². The summed E-state index contributed by atoms with van der Waals surface area (Å²) in [6.45, 7) is 8.81. The van der Waals surface area contributed by atoms with Crippen LogP contribution in [0, 0.1) is 0 Å². The van der Waals surface area contributed by atoms with Gasteiger partial charge in [0.05, 0.1) is 40.9 Å². The lowest BCUT2D eigenvalue weighted by Crippen LogP contribution is -2.37. The van der Waals surface area contributed by atoms with Crippen molar-refractivity contribution in [1.82, 2.24) is 15.0 Å². The molecule has 5 heterocycles. The number of fused-ring (bicyclic) bond motifs is 5. The van der Waals surface area contributed by atoms with Crippen molar-refractivity contribution in [3.05, 3.63) is 35.9 Å². The van der Waals surface area contributed by atoms with E-state index in [4.69, 9.17) is 14.1 Å². The average molecular weight is 469 g/mol. The third-order valence-electron chi connectivity index (χ3n) is 5.83. The van der Waals surface area contributed by atoms with Gasteiger partial charge in [0.15, 0.2) is 5.76 Å². The number of hydrogen-bond donors (Lipinski definition) is 2. The summed E-state index contributed by atoms with van der Waals surface area (Å²) < 4.78 is 12.7. The molecule has 0 spiro atoms. The van der Waals surface area contributed by atoms with Gasteiger partial charge in [-0.25, -0.2) is 15.0 Å². The average Bonchev–Trinajstić information content (AvgIpc) is 3.38. The molecule has 4 aromatic rings. The number of nitrogens with zero attached hydrogens (tertiary/aromatic N) is 4. The number of furan rings is 1. The van der Waals surface area contributed by atoms with E-state index >= 15 is 0 Å². The van der Waals surface area contributed by atoms with Gasteiger partial charge in [-0.1, -0.05) is 0 Å². The van der Waals surface area contributed by atoms with Crippen molar-refractivity contribution >= 4 is 37.6 Å². The van der Waals surface area contributed by atoms with Crippen LogP contribution in [0.4, 0.5) is 5.82 Å². The summed E-state index contributed by atoms with van der Waals surface area (Å²) in [5, 5.41) is 21.2. The summed E-state index contributed by atoms with van der Waals surface area (Å²) in [5.74, 6) is 1.41. The fourth-order valence-corrected chi connectivity index (χ4v) is 5.70. The Kier molecular flexibility index (Phi) is 5.60. The second-order valence-electron chi connectivity index (χ2n) is 9.38. The first-order chi connectivity index (χ1) is 15.7. The van der Waals surface area contributed by atoms with E-state index in [1.807, 2.05) is 17.0 Å². The molecule has 0 bridgehead atoms. The molecule has 0 fully saturated rings. The van der Waals surface area contributed by atoms with Crippen LogP contribution >= 0.6 is 11.3 Å². The van der Waals surface area contributed by atoms with Crippen molar-refractivity contribution in [3.8, 4) is 11.5 Å². The van der Waals surface area contributed by atoms with Gasteiger partial charge >= 0.3 is 0 Å². The maximum Gasteiger partial charge on any atom is 0.152 e. The number of aromatic nitrogens is 3. The first-order valence-corrected chi connectivity index (χ1v) is 11.9. The second kappa shape index (κ2) is 8.32. The van der Waals surface area contributed by atoms with Crippen LogP contribution in [0.1, 0.15) is 38.8 Å². The Morgan fingerprint density at radius 1 is 1.15 bits per heavy atom. The van der Waals surface area contributed by atoms with Crippen LogP contribution in [0.15, 0.2) is 29.1 Å². The Hall–Kier alpha value is -2.59. The van der Waals surface area contributed by atoms with Crippen LogP contribution in [0.25, 0.3) is 31.9 Å². The maximum atomic E-state index is 10.1. The highest BCUT2D eigenvalue weighted by molar-refractivity contribution is 7.26. The smallest absolute Gasteiger partial charge is 0.152 e. The predicted octanol–water partition coefficient (Wildman–Crippen LogP) is 3.92. The molecule has 0 amide bonds. The third kappa shape index (κ3) is 4.10.